The number of nitrogens with one attached hydrogen (secondary N) is 1. The molecule has 0 spiro atoms. The first-order valence-corrected chi connectivity index (χ1v) is 5.73. The highest BCUT2D eigenvalue weighted by Gasteiger charge is 2.14. The molecule has 2 rings (SSSR count). The van der Waals surface area contributed by atoms with Gasteiger partial charge in [-0.2, -0.15) is 0 Å². The smallest absolute Gasteiger partial charge is 0.266 e. The van der Waals surface area contributed by atoms with E-state index in [1.54, 1.807) is 10.8 Å². The van der Waals surface area contributed by atoms with Gasteiger partial charge in [-0.3, -0.25) is 4.79 Å². The fourth-order valence-electron chi connectivity index (χ4n) is 1.70. The Hall–Kier alpha value is -1.95. The van der Waals surface area contributed by atoms with Crippen molar-refractivity contribution in [1.82, 2.24) is 4.57 Å². The topological polar surface area (TPSA) is 37.9 Å². The summed E-state index contributed by atoms with van der Waals surface area (Å²) in [6.45, 7) is 1.94. The Bertz CT molecular complexity index is 628. The summed E-state index contributed by atoms with van der Waals surface area (Å²) in [7, 11) is 1.86. The summed E-state index contributed by atoms with van der Waals surface area (Å²) in [5.41, 5.74) is -0.0272. The van der Waals surface area contributed by atoms with E-state index in [0.717, 1.165) is 18.0 Å². The number of benzene rings is 1. The highest BCUT2D eigenvalue weighted by atomic mass is 35.5. The predicted molar refractivity (Wildman–Crippen MR) is 65.3 cm³/mol. The van der Waals surface area contributed by atoms with E-state index in [1.165, 1.54) is 6.07 Å². The van der Waals surface area contributed by atoms with Crippen LogP contribution in [0.4, 0.5) is 14.5 Å². The first kappa shape index (κ1) is 16.1. The van der Waals surface area contributed by atoms with E-state index >= 15 is 0 Å². The highest BCUT2D eigenvalue weighted by Crippen LogP contribution is 2.14. The third-order valence-electron chi connectivity index (χ3n) is 2.92. The molecule has 4 nitrogen and oxygen atoms in total. The number of aromatic nitrogens is 2. The van der Waals surface area contributed by atoms with Gasteiger partial charge in [0.05, 0.1) is 12.7 Å². The van der Waals surface area contributed by atoms with Crippen LogP contribution in [0.2, 0.25) is 0 Å². The largest absolute Gasteiger partial charge is 1.00 e. The van der Waals surface area contributed by atoms with Crippen LogP contribution in [-0.4, -0.2) is 10.5 Å². The zero-order chi connectivity index (χ0) is 14.0. The van der Waals surface area contributed by atoms with Crippen LogP contribution in [0, 0.1) is 18.6 Å². The van der Waals surface area contributed by atoms with Crippen molar-refractivity contribution in [2.45, 2.75) is 13.5 Å². The monoisotopic (exact) mass is 301 g/mol. The normalized spacial score (nSPS) is 10.0. The number of hydrogen-bond acceptors (Lipinski definition) is 1. The summed E-state index contributed by atoms with van der Waals surface area (Å²) in [6, 6.07) is 3.03. The van der Waals surface area contributed by atoms with Crippen molar-refractivity contribution in [3.05, 3.63) is 48.1 Å². The summed E-state index contributed by atoms with van der Waals surface area (Å²) < 4.78 is 29.7. The molecule has 1 amide bonds. The van der Waals surface area contributed by atoms with E-state index in [2.05, 4.69) is 5.32 Å². The number of anilines is 1. The SMILES string of the molecule is Cc1n(CC(=O)Nc2ccc(F)cc2F)cc[n+]1C.[Cl-]. The summed E-state index contributed by atoms with van der Waals surface area (Å²) in [5, 5.41) is 2.41. The lowest BCUT2D eigenvalue weighted by Crippen LogP contribution is -3.00. The predicted octanol–water partition coefficient (Wildman–Crippen LogP) is -1.46. The number of amides is 1. The second-order valence-electron chi connectivity index (χ2n) is 4.26. The number of halogens is 3. The molecule has 7 heteroatoms. The molecule has 1 aromatic carbocycles. The van der Waals surface area contributed by atoms with Crippen molar-refractivity contribution in [1.29, 1.82) is 0 Å². The Balaban J connectivity index is 0.00000200. The molecule has 0 aliphatic carbocycles. The van der Waals surface area contributed by atoms with Crippen LogP contribution < -0.4 is 22.3 Å². The molecule has 1 heterocycles. The van der Waals surface area contributed by atoms with Crippen LogP contribution in [-0.2, 0) is 18.4 Å². The maximum absolute atomic E-state index is 13.4. The van der Waals surface area contributed by atoms with Crippen molar-refractivity contribution in [3.8, 4) is 0 Å². The molecule has 0 saturated heterocycles. The van der Waals surface area contributed by atoms with Gasteiger partial charge in [0.2, 0.25) is 0 Å². The van der Waals surface area contributed by atoms with Crippen LogP contribution in [0.15, 0.2) is 30.6 Å². The van der Waals surface area contributed by atoms with E-state index < -0.39 is 11.6 Å². The van der Waals surface area contributed by atoms with Gasteiger partial charge < -0.3 is 17.7 Å². The minimum Gasteiger partial charge on any atom is -1.00 e. The van der Waals surface area contributed by atoms with Crippen molar-refractivity contribution in [2.24, 2.45) is 7.05 Å². The lowest BCUT2D eigenvalue weighted by atomic mass is 10.3. The van der Waals surface area contributed by atoms with Crippen molar-refractivity contribution >= 4 is 11.6 Å². The molecule has 0 atom stereocenters. The molecule has 0 aliphatic rings. The van der Waals surface area contributed by atoms with Gasteiger partial charge >= 0.3 is 0 Å². The Morgan fingerprint density at radius 3 is 2.65 bits per heavy atom. The van der Waals surface area contributed by atoms with Gasteiger partial charge in [-0.25, -0.2) is 17.9 Å². The maximum atomic E-state index is 13.4. The molecular weight excluding hydrogens is 288 g/mol. The van der Waals surface area contributed by atoms with Crippen LogP contribution in [0.3, 0.4) is 0 Å². The average Bonchev–Trinajstić information content (AvgIpc) is 2.65. The number of hydrogen-bond donors (Lipinski definition) is 1. The molecule has 1 aromatic heterocycles. The fraction of sp³-hybridized carbons (Fsp3) is 0.231. The number of carbonyl (C=O) groups is 1. The molecule has 0 radical (unpaired) electrons. The fourth-order valence-corrected chi connectivity index (χ4v) is 1.70. The minimum absolute atomic E-state index is 0. The number of carbonyl (C=O) groups excluding carboxylic acids is 1. The number of aryl methyl sites for hydroxylation is 1. The van der Waals surface area contributed by atoms with Crippen LogP contribution in [0.1, 0.15) is 5.82 Å². The zero-order valence-electron chi connectivity index (χ0n) is 11.0. The molecule has 2 aromatic rings. The van der Waals surface area contributed by atoms with E-state index in [9.17, 15) is 13.6 Å². The first-order chi connectivity index (χ1) is 8.97. The van der Waals surface area contributed by atoms with Gasteiger partial charge in [-0.15, -0.1) is 0 Å². The molecule has 1 N–H and O–H groups in total. The first-order valence-electron chi connectivity index (χ1n) is 5.73. The lowest BCUT2D eigenvalue weighted by Gasteiger charge is -2.05. The van der Waals surface area contributed by atoms with Gasteiger partial charge in [0, 0.05) is 13.0 Å². The Morgan fingerprint density at radius 1 is 1.40 bits per heavy atom. The second kappa shape index (κ2) is 6.47. The summed E-state index contributed by atoms with van der Waals surface area (Å²) >= 11 is 0. The zero-order valence-corrected chi connectivity index (χ0v) is 11.8. The standard InChI is InChI=1S/C13H13F2N3O.ClH/c1-9-17(2)5-6-18(9)8-13(19)16-12-4-3-10(14)7-11(12)15;/h3-7H,8H2,1-2H3;1H. The highest BCUT2D eigenvalue weighted by molar-refractivity contribution is 5.90. The Morgan fingerprint density at radius 2 is 2.10 bits per heavy atom. The third-order valence-corrected chi connectivity index (χ3v) is 2.92. The summed E-state index contributed by atoms with van der Waals surface area (Å²) in [5.74, 6) is -0.938. The average molecular weight is 302 g/mol. The Kier molecular flexibility index (Phi) is 5.21. The van der Waals surface area contributed by atoms with E-state index in [-0.39, 0.29) is 30.5 Å². The van der Waals surface area contributed by atoms with E-state index in [1.807, 2.05) is 24.7 Å². The van der Waals surface area contributed by atoms with Crippen molar-refractivity contribution in [2.75, 3.05) is 5.32 Å². The van der Waals surface area contributed by atoms with Crippen LogP contribution >= 0.6 is 0 Å². The third kappa shape index (κ3) is 3.54. The molecule has 0 fully saturated rings. The van der Waals surface area contributed by atoms with Gasteiger partial charge in [0.15, 0.2) is 6.54 Å². The summed E-state index contributed by atoms with van der Waals surface area (Å²) in [6.07, 6.45) is 3.58. The molecule has 0 saturated carbocycles. The number of rotatable bonds is 3. The second-order valence-corrected chi connectivity index (χ2v) is 4.26. The molecule has 0 aliphatic heterocycles. The quantitative estimate of drug-likeness (QED) is 0.692. The van der Waals surface area contributed by atoms with Gasteiger partial charge in [0.1, 0.15) is 24.0 Å². The summed E-state index contributed by atoms with van der Waals surface area (Å²) in [4.78, 5) is 11.8. The van der Waals surface area contributed by atoms with Crippen molar-refractivity contribution < 1.29 is 30.5 Å². The molecule has 20 heavy (non-hydrogen) atoms. The lowest BCUT2D eigenvalue weighted by molar-refractivity contribution is -0.677. The van der Waals surface area contributed by atoms with E-state index in [0.29, 0.717) is 0 Å². The van der Waals surface area contributed by atoms with Crippen molar-refractivity contribution in [3.63, 3.8) is 0 Å². The Labute approximate surface area is 121 Å². The van der Waals surface area contributed by atoms with Gasteiger partial charge in [-0.1, -0.05) is 0 Å². The molecule has 108 valence electrons. The van der Waals surface area contributed by atoms with Gasteiger partial charge in [0.25, 0.3) is 11.7 Å². The number of imidazole rings is 1. The number of nitrogens with zero attached hydrogens (tertiary/aromatic N) is 2. The van der Waals surface area contributed by atoms with Crippen LogP contribution in [0.25, 0.3) is 0 Å². The molecular formula is C13H14ClF2N3O. The van der Waals surface area contributed by atoms with Crippen LogP contribution in [0.5, 0.6) is 0 Å². The van der Waals surface area contributed by atoms with E-state index in [4.69, 9.17) is 0 Å². The maximum Gasteiger partial charge on any atom is 0.266 e. The molecule has 0 bridgehead atoms. The molecule has 0 unspecified atom stereocenters. The van der Waals surface area contributed by atoms with Gasteiger partial charge in [-0.05, 0) is 12.1 Å². The minimum atomic E-state index is -0.789.